The van der Waals surface area contributed by atoms with Gasteiger partial charge in [0.15, 0.2) is 8.24 Å². The van der Waals surface area contributed by atoms with Crippen LogP contribution in [0, 0.1) is 0 Å². The lowest BCUT2D eigenvalue weighted by atomic mass is 10.0. The number of carbonyl (C=O) groups is 1. The number of rotatable bonds is 6. The number of hydrogen-bond acceptors (Lipinski definition) is 4. The molecular formula is C14H29NOS3Si. The molecular weight excluding hydrogens is 322 g/mol. The Balaban J connectivity index is 2.92. The maximum Gasteiger partial charge on any atom is 0.216 e. The van der Waals surface area contributed by atoms with Crippen LogP contribution in [0.1, 0.15) is 33.6 Å². The molecule has 0 unspecified atom stereocenters. The fourth-order valence-electron chi connectivity index (χ4n) is 2.56. The van der Waals surface area contributed by atoms with Crippen molar-refractivity contribution >= 4 is 49.4 Å². The van der Waals surface area contributed by atoms with Gasteiger partial charge in [0.2, 0.25) is 5.91 Å². The van der Waals surface area contributed by atoms with Crippen molar-refractivity contribution in [2.45, 2.75) is 61.2 Å². The maximum absolute atomic E-state index is 12.2. The van der Waals surface area contributed by atoms with Crippen molar-refractivity contribution in [3.63, 3.8) is 0 Å². The van der Waals surface area contributed by atoms with Gasteiger partial charge in [-0.3, -0.25) is 4.79 Å². The van der Waals surface area contributed by atoms with Gasteiger partial charge in [0.05, 0.1) is 0 Å². The van der Waals surface area contributed by atoms with Gasteiger partial charge in [-0.15, -0.1) is 35.3 Å². The predicted octanol–water partition coefficient (Wildman–Crippen LogP) is 4.73. The minimum atomic E-state index is -1.73. The molecule has 0 bridgehead atoms. The average Bonchev–Trinajstić information content (AvgIpc) is 2.32. The van der Waals surface area contributed by atoms with Crippen molar-refractivity contribution in [1.82, 2.24) is 4.57 Å². The first kappa shape index (κ1) is 18.8. The van der Waals surface area contributed by atoms with E-state index in [1.165, 1.54) is 0 Å². The van der Waals surface area contributed by atoms with E-state index in [0.717, 1.165) is 12.8 Å². The van der Waals surface area contributed by atoms with E-state index in [2.05, 4.69) is 57.2 Å². The standard InChI is InChI=1S/C14H29NOS3Si/c1-13(2,3)20(7,8)15-11(9-12(15)16)10-14(17-4,18-5)19-6/h11H,9-10H2,1-8H3/t11-/m0/s1. The van der Waals surface area contributed by atoms with Crippen molar-refractivity contribution < 1.29 is 4.79 Å². The van der Waals surface area contributed by atoms with Crippen LogP contribution in [-0.4, -0.2) is 46.9 Å². The molecule has 1 aliphatic rings. The molecule has 2 nitrogen and oxygen atoms in total. The molecule has 0 aromatic carbocycles. The Morgan fingerprint density at radius 1 is 1.15 bits per heavy atom. The molecule has 0 radical (unpaired) electrons. The molecule has 20 heavy (non-hydrogen) atoms. The summed E-state index contributed by atoms with van der Waals surface area (Å²) in [5, 5.41) is 0.224. The van der Waals surface area contributed by atoms with E-state index in [-0.39, 0.29) is 8.45 Å². The third-order valence-electron chi connectivity index (χ3n) is 4.90. The zero-order chi connectivity index (χ0) is 15.8. The van der Waals surface area contributed by atoms with E-state index in [1.54, 1.807) is 0 Å². The SMILES string of the molecule is CSC(C[C@@H]1CC(=O)N1[Si](C)(C)C(C)(C)C)(SC)SC. The second-order valence-corrected chi connectivity index (χ2v) is 16.1. The van der Waals surface area contributed by atoms with E-state index >= 15 is 0 Å². The Hall–Kier alpha value is 0.737. The van der Waals surface area contributed by atoms with E-state index in [4.69, 9.17) is 0 Å². The molecule has 1 amide bonds. The summed E-state index contributed by atoms with van der Waals surface area (Å²) >= 11 is 5.76. The maximum atomic E-state index is 12.2. The number of carbonyl (C=O) groups excluding carboxylic acids is 1. The Morgan fingerprint density at radius 2 is 1.60 bits per heavy atom. The molecule has 1 rings (SSSR count). The number of thioether (sulfide) groups is 3. The normalized spacial score (nSPS) is 21.1. The van der Waals surface area contributed by atoms with Crippen LogP contribution in [0.5, 0.6) is 0 Å². The molecule has 0 aromatic rings. The van der Waals surface area contributed by atoms with Crippen LogP contribution in [0.25, 0.3) is 0 Å². The van der Waals surface area contributed by atoms with Crippen LogP contribution < -0.4 is 0 Å². The zero-order valence-electron chi connectivity index (χ0n) is 14.1. The second kappa shape index (κ2) is 6.47. The zero-order valence-corrected chi connectivity index (χ0v) is 17.5. The quantitative estimate of drug-likeness (QED) is 0.391. The number of β-lactam (4-membered cyclic amide) rings is 1. The third-order valence-corrected chi connectivity index (χ3v) is 15.8. The predicted molar refractivity (Wildman–Crippen MR) is 100 cm³/mol. The number of hydrogen-bond donors (Lipinski definition) is 0. The van der Waals surface area contributed by atoms with E-state index in [9.17, 15) is 4.79 Å². The lowest BCUT2D eigenvalue weighted by Gasteiger charge is -2.56. The van der Waals surface area contributed by atoms with Gasteiger partial charge in [-0.05, 0) is 23.8 Å². The average molecular weight is 352 g/mol. The largest absolute Gasteiger partial charge is 0.366 e. The van der Waals surface area contributed by atoms with Crippen molar-refractivity contribution in [1.29, 1.82) is 0 Å². The minimum absolute atomic E-state index is 0.186. The molecule has 0 aliphatic carbocycles. The highest BCUT2D eigenvalue weighted by Gasteiger charge is 2.53. The Kier molecular flexibility index (Phi) is 6.07. The van der Waals surface area contributed by atoms with Crippen molar-refractivity contribution in [3.8, 4) is 0 Å². The molecule has 0 spiro atoms. The number of amides is 1. The van der Waals surface area contributed by atoms with Gasteiger partial charge in [-0.25, -0.2) is 0 Å². The highest BCUT2D eigenvalue weighted by Crippen LogP contribution is 2.51. The first-order valence-corrected chi connectivity index (χ1v) is 13.6. The van der Waals surface area contributed by atoms with Crippen LogP contribution in [0.4, 0.5) is 0 Å². The second-order valence-electron chi connectivity index (χ2n) is 6.93. The van der Waals surface area contributed by atoms with Crippen LogP contribution in [0.15, 0.2) is 0 Å². The Morgan fingerprint density at radius 3 is 1.90 bits per heavy atom. The molecule has 118 valence electrons. The van der Waals surface area contributed by atoms with Gasteiger partial charge in [-0.2, -0.15) is 0 Å². The summed E-state index contributed by atoms with van der Waals surface area (Å²) in [7, 11) is -1.73. The Labute approximate surface area is 138 Å². The molecule has 6 heteroatoms. The van der Waals surface area contributed by atoms with Gasteiger partial charge >= 0.3 is 0 Å². The topological polar surface area (TPSA) is 20.3 Å². The summed E-state index contributed by atoms with van der Waals surface area (Å²) in [5.74, 6) is 0.374. The Bertz CT molecular complexity index is 356. The molecule has 0 saturated carbocycles. The highest BCUT2D eigenvalue weighted by molar-refractivity contribution is 8.33. The summed E-state index contributed by atoms with van der Waals surface area (Å²) in [4.78, 5) is 12.2. The van der Waals surface area contributed by atoms with Crippen molar-refractivity contribution in [2.24, 2.45) is 0 Å². The van der Waals surface area contributed by atoms with Gasteiger partial charge < -0.3 is 4.57 Å². The van der Waals surface area contributed by atoms with Crippen LogP contribution >= 0.6 is 35.3 Å². The minimum Gasteiger partial charge on any atom is -0.366 e. The summed E-state index contributed by atoms with van der Waals surface area (Å²) in [6.07, 6.45) is 8.39. The monoisotopic (exact) mass is 351 g/mol. The number of nitrogens with zero attached hydrogens (tertiary/aromatic N) is 1. The van der Waals surface area contributed by atoms with Crippen molar-refractivity contribution in [3.05, 3.63) is 0 Å². The summed E-state index contributed by atoms with van der Waals surface area (Å²) in [5.41, 5.74) is 0. The fourth-order valence-corrected chi connectivity index (χ4v) is 8.17. The van der Waals surface area contributed by atoms with Gasteiger partial charge in [-0.1, -0.05) is 33.9 Å². The highest BCUT2D eigenvalue weighted by atomic mass is 32.3. The van der Waals surface area contributed by atoms with E-state index in [0.29, 0.717) is 11.9 Å². The van der Waals surface area contributed by atoms with Crippen LogP contribution in [-0.2, 0) is 4.79 Å². The first-order chi connectivity index (χ1) is 9.04. The molecule has 1 aliphatic heterocycles. The summed E-state index contributed by atoms with van der Waals surface area (Å²) < 4.78 is 2.47. The molecule has 1 heterocycles. The smallest absolute Gasteiger partial charge is 0.216 e. The fraction of sp³-hybridized carbons (Fsp3) is 0.929. The van der Waals surface area contributed by atoms with Gasteiger partial charge in [0.1, 0.15) is 3.41 Å². The lowest BCUT2D eigenvalue weighted by Crippen LogP contribution is -2.68. The molecule has 1 atom stereocenters. The molecule has 0 aromatic heterocycles. The van der Waals surface area contributed by atoms with Crippen LogP contribution in [0.3, 0.4) is 0 Å². The molecule has 1 fully saturated rings. The molecule has 0 N–H and O–H groups in total. The summed E-state index contributed by atoms with van der Waals surface area (Å²) in [6, 6.07) is 0.441. The summed E-state index contributed by atoms with van der Waals surface area (Å²) in [6.45, 7) is 11.5. The lowest BCUT2D eigenvalue weighted by molar-refractivity contribution is -0.139. The van der Waals surface area contributed by atoms with Gasteiger partial charge in [0.25, 0.3) is 0 Å². The van der Waals surface area contributed by atoms with Gasteiger partial charge in [0, 0.05) is 18.9 Å². The van der Waals surface area contributed by atoms with E-state index < -0.39 is 8.24 Å². The molecule has 1 saturated heterocycles. The van der Waals surface area contributed by atoms with E-state index in [1.807, 2.05) is 35.3 Å². The third kappa shape index (κ3) is 3.38. The van der Waals surface area contributed by atoms with Crippen LogP contribution in [0.2, 0.25) is 18.1 Å². The first-order valence-electron chi connectivity index (χ1n) is 7.02. The van der Waals surface area contributed by atoms with Crippen molar-refractivity contribution in [2.75, 3.05) is 18.8 Å².